The number of nitrogens with two attached hydrogens (primary N) is 1. The van der Waals surface area contributed by atoms with Gasteiger partial charge >= 0.3 is 0 Å². The summed E-state index contributed by atoms with van der Waals surface area (Å²) in [6.45, 7) is 7.28. The molecule has 0 aliphatic rings. The monoisotopic (exact) mass is 334 g/mol. The minimum atomic E-state index is -0.714. The van der Waals surface area contributed by atoms with Crippen LogP contribution in [-0.4, -0.2) is 28.7 Å². The summed E-state index contributed by atoms with van der Waals surface area (Å²) in [6.07, 6.45) is 3.63. The van der Waals surface area contributed by atoms with Crippen LogP contribution in [0.15, 0.2) is 24.5 Å². The highest BCUT2D eigenvalue weighted by Crippen LogP contribution is 2.21. The van der Waals surface area contributed by atoms with E-state index in [1.54, 1.807) is 25.3 Å². The summed E-state index contributed by atoms with van der Waals surface area (Å²) < 4.78 is 0. The van der Waals surface area contributed by atoms with Crippen molar-refractivity contribution in [2.45, 2.75) is 46.6 Å². The maximum atomic E-state index is 12.5. The molecule has 0 aliphatic carbocycles. The molecule has 1 aromatic heterocycles. The predicted octanol–water partition coefficient (Wildman–Crippen LogP) is 1.45. The van der Waals surface area contributed by atoms with Gasteiger partial charge in [-0.05, 0) is 24.0 Å². The van der Waals surface area contributed by atoms with E-state index < -0.39 is 17.4 Å². The highest BCUT2D eigenvalue weighted by atomic mass is 16.2. The molecule has 0 aliphatic heterocycles. The Morgan fingerprint density at radius 2 is 1.96 bits per heavy atom. The van der Waals surface area contributed by atoms with Crippen molar-refractivity contribution in [3.8, 4) is 0 Å². The van der Waals surface area contributed by atoms with E-state index in [2.05, 4.69) is 15.6 Å². The maximum absolute atomic E-state index is 12.5. The van der Waals surface area contributed by atoms with Gasteiger partial charge in [0.2, 0.25) is 17.7 Å². The molecule has 0 spiro atoms. The van der Waals surface area contributed by atoms with E-state index in [9.17, 15) is 14.4 Å². The lowest BCUT2D eigenvalue weighted by Gasteiger charge is -2.30. The molecule has 24 heavy (non-hydrogen) atoms. The van der Waals surface area contributed by atoms with Crippen molar-refractivity contribution in [3.05, 3.63) is 24.5 Å². The fraction of sp³-hybridized carbons (Fsp3) is 0.529. The van der Waals surface area contributed by atoms with Crippen molar-refractivity contribution in [1.82, 2.24) is 10.3 Å². The van der Waals surface area contributed by atoms with Crippen LogP contribution in [0.2, 0.25) is 0 Å². The normalized spacial score (nSPS) is 13.7. The molecular formula is C17H26N4O3. The summed E-state index contributed by atoms with van der Waals surface area (Å²) >= 11 is 0. The lowest BCUT2D eigenvalue weighted by Crippen LogP contribution is -2.51. The summed E-state index contributed by atoms with van der Waals surface area (Å²) in [7, 11) is 0. The Morgan fingerprint density at radius 3 is 2.46 bits per heavy atom. The summed E-state index contributed by atoms with van der Waals surface area (Å²) in [5.74, 6) is -1.42. The Labute approximate surface area is 142 Å². The Morgan fingerprint density at radius 1 is 1.29 bits per heavy atom. The number of aromatic nitrogens is 1. The zero-order valence-corrected chi connectivity index (χ0v) is 14.6. The zero-order valence-electron chi connectivity index (χ0n) is 14.6. The van der Waals surface area contributed by atoms with Gasteiger partial charge in [-0.1, -0.05) is 27.7 Å². The molecule has 4 N–H and O–H groups in total. The van der Waals surface area contributed by atoms with Gasteiger partial charge in [0, 0.05) is 18.5 Å². The average molecular weight is 334 g/mol. The number of primary amides is 1. The molecule has 1 heterocycles. The van der Waals surface area contributed by atoms with Crippen LogP contribution in [-0.2, 0) is 14.4 Å². The lowest BCUT2D eigenvalue weighted by atomic mass is 9.86. The van der Waals surface area contributed by atoms with Crippen molar-refractivity contribution in [2.24, 2.45) is 17.1 Å². The first-order chi connectivity index (χ1) is 11.1. The van der Waals surface area contributed by atoms with Crippen molar-refractivity contribution in [2.75, 3.05) is 5.32 Å². The fourth-order valence-electron chi connectivity index (χ4n) is 2.05. The molecule has 132 valence electrons. The van der Waals surface area contributed by atoms with Crippen molar-refractivity contribution in [3.63, 3.8) is 0 Å². The van der Waals surface area contributed by atoms with Crippen LogP contribution < -0.4 is 16.4 Å². The Balaban J connectivity index is 2.70. The summed E-state index contributed by atoms with van der Waals surface area (Å²) in [4.78, 5) is 39.6. The number of nitrogens with zero attached hydrogens (tertiary/aromatic N) is 1. The smallest absolute Gasteiger partial charge is 0.247 e. The number of carbonyl (C=O) groups excluding carboxylic acids is 3. The number of nitrogens with one attached hydrogen (secondary N) is 2. The van der Waals surface area contributed by atoms with E-state index in [1.165, 1.54) is 6.20 Å². The van der Waals surface area contributed by atoms with Gasteiger partial charge in [-0.15, -0.1) is 0 Å². The third-order valence-electron chi connectivity index (χ3n) is 3.65. The van der Waals surface area contributed by atoms with E-state index in [-0.39, 0.29) is 24.2 Å². The van der Waals surface area contributed by atoms with Crippen LogP contribution in [0.3, 0.4) is 0 Å². The second-order valence-electron chi connectivity index (χ2n) is 6.94. The molecule has 1 aromatic rings. The molecule has 2 atom stereocenters. The molecule has 0 aromatic carbocycles. The number of hydrogen-bond donors (Lipinski definition) is 3. The van der Waals surface area contributed by atoms with Gasteiger partial charge in [-0.3, -0.25) is 19.4 Å². The van der Waals surface area contributed by atoms with Crippen LogP contribution in [0.1, 0.15) is 40.5 Å². The highest BCUT2D eigenvalue weighted by Gasteiger charge is 2.32. The molecule has 7 nitrogen and oxygen atoms in total. The van der Waals surface area contributed by atoms with Gasteiger partial charge in [0.15, 0.2) is 0 Å². The molecule has 0 saturated heterocycles. The minimum absolute atomic E-state index is 0.136. The summed E-state index contributed by atoms with van der Waals surface area (Å²) in [6, 6.07) is 2.72. The van der Waals surface area contributed by atoms with Gasteiger partial charge in [0.1, 0.15) is 6.04 Å². The number of pyridine rings is 1. The van der Waals surface area contributed by atoms with Crippen molar-refractivity contribution >= 4 is 23.4 Å². The molecule has 1 rings (SSSR count). The van der Waals surface area contributed by atoms with E-state index >= 15 is 0 Å². The van der Waals surface area contributed by atoms with Gasteiger partial charge in [-0.25, -0.2) is 0 Å². The van der Waals surface area contributed by atoms with Crippen LogP contribution >= 0.6 is 0 Å². The standard InChI is InChI=1S/C17H26N4O3/c1-11(15(18)23)7-8-13(22)21-14(17(2,3)4)16(24)20-12-6-5-9-19-10-12/h5-6,9-11,14H,7-8H2,1-4H3,(H2,18,23)(H,20,24)(H,21,22)/t11?,14-/m1/s1. The molecule has 0 bridgehead atoms. The molecular weight excluding hydrogens is 308 g/mol. The SMILES string of the molecule is CC(CCC(=O)N[C@H](C(=O)Nc1cccnc1)C(C)(C)C)C(N)=O. The van der Waals surface area contributed by atoms with E-state index in [1.807, 2.05) is 20.8 Å². The van der Waals surface area contributed by atoms with Crippen molar-refractivity contribution < 1.29 is 14.4 Å². The maximum Gasteiger partial charge on any atom is 0.247 e. The Hall–Kier alpha value is -2.44. The van der Waals surface area contributed by atoms with Gasteiger partial charge in [0.25, 0.3) is 0 Å². The predicted molar refractivity (Wildman–Crippen MR) is 91.8 cm³/mol. The van der Waals surface area contributed by atoms with E-state index in [0.29, 0.717) is 12.1 Å². The number of carbonyl (C=O) groups is 3. The lowest BCUT2D eigenvalue weighted by molar-refractivity contribution is -0.129. The molecule has 0 radical (unpaired) electrons. The summed E-state index contributed by atoms with van der Waals surface area (Å²) in [5.41, 5.74) is 5.27. The average Bonchev–Trinajstić information content (AvgIpc) is 2.49. The number of rotatable bonds is 7. The third-order valence-corrected chi connectivity index (χ3v) is 3.65. The first-order valence-electron chi connectivity index (χ1n) is 7.91. The highest BCUT2D eigenvalue weighted by molar-refractivity contribution is 5.97. The van der Waals surface area contributed by atoms with Crippen molar-refractivity contribution in [1.29, 1.82) is 0 Å². The van der Waals surface area contributed by atoms with Crippen LogP contribution in [0.4, 0.5) is 5.69 Å². The van der Waals surface area contributed by atoms with E-state index in [4.69, 9.17) is 5.73 Å². The molecule has 3 amide bonds. The number of anilines is 1. The Bertz CT molecular complexity index is 581. The first-order valence-corrected chi connectivity index (χ1v) is 7.91. The molecule has 7 heteroatoms. The largest absolute Gasteiger partial charge is 0.369 e. The van der Waals surface area contributed by atoms with Gasteiger partial charge in [-0.2, -0.15) is 0 Å². The second-order valence-corrected chi connectivity index (χ2v) is 6.94. The van der Waals surface area contributed by atoms with Crippen LogP contribution in [0.5, 0.6) is 0 Å². The van der Waals surface area contributed by atoms with Crippen LogP contribution in [0, 0.1) is 11.3 Å². The van der Waals surface area contributed by atoms with Crippen LogP contribution in [0.25, 0.3) is 0 Å². The summed E-state index contributed by atoms with van der Waals surface area (Å²) in [5, 5.41) is 5.49. The second kappa shape index (κ2) is 8.42. The topological polar surface area (TPSA) is 114 Å². The molecule has 0 saturated carbocycles. The minimum Gasteiger partial charge on any atom is -0.369 e. The third kappa shape index (κ3) is 6.36. The number of hydrogen-bond acceptors (Lipinski definition) is 4. The van der Waals surface area contributed by atoms with Gasteiger partial charge in [0.05, 0.1) is 11.9 Å². The Kier molecular flexibility index (Phi) is 6.88. The number of amides is 3. The fourth-order valence-corrected chi connectivity index (χ4v) is 2.05. The first kappa shape index (κ1) is 19.6. The van der Waals surface area contributed by atoms with E-state index in [0.717, 1.165) is 0 Å². The molecule has 1 unspecified atom stereocenters. The zero-order chi connectivity index (χ0) is 18.3. The molecule has 0 fully saturated rings. The van der Waals surface area contributed by atoms with Gasteiger partial charge < -0.3 is 16.4 Å². The quantitative estimate of drug-likeness (QED) is 0.700.